The molecule has 1 aliphatic rings. The van der Waals surface area contributed by atoms with Gasteiger partial charge in [-0.1, -0.05) is 0 Å². The van der Waals surface area contributed by atoms with Gasteiger partial charge < -0.3 is 5.73 Å². The Balaban J connectivity index is 2.28. The molecule has 0 radical (unpaired) electrons. The molecule has 106 valence electrons. The van der Waals surface area contributed by atoms with Gasteiger partial charge in [-0.2, -0.15) is 4.31 Å². The molecule has 4 nitrogen and oxygen atoms in total. The Morgan fingerprint density at radius 1 is 1.47 bits per heavy atom. The summed E-state index contributed by atoms with van der Waals surface area (Å²) in [5, 5.41) is 0. The molecule has 0 bridgehead atoms. The van der Waals surface area contributed by atoms with E-state index >= 15 is 0 Å². The molecule has 0 aliphatic carbocycles. The Kier molecular flexibility index (Phi) is 4.60. The molecule has 2 rings (SSSR count). The van der Waals surface area contributed by atoms with E-state index in [2.05, 4.69) is 15.9 Å². The Morgan fingerprint density at radius 2 is 2.21 bits per heavy atom. The molecule has 1 aromatic carbocycles. The summed E-state index contributed by atoms with van der Waals surface area (Å²) in [6.45, 7) is 1.35. The van der Waals surface area contributed by atoms with Gasteiger partial charge in [0.05, 0.1) is 9.37 Å². The zero-order valence-electron chi connectivity index (χ0n) is 10.4. The smallest absolute Gasteiger partial charge is 0.243 e. The molecule has 0 aromatic heterocycles. The average molecular weight is 351 g/mol. The largest absolute Gasteiger partial charge is 0.330 e. The minimum absolute atomic E-state index is 0.00845. The van der Waals surface area contributed by atoms with Crippen molar-refractivity contribution in [3.05, 3.63) is 28.5 Å². The van der Waals surface area contributed by atoms with Crippen LogP contribution in [0.3, 0.4) is 0 Å². The van der Waals surface area contributed by atoms with Crippen LogP contribution in [-0.4, -0.2) is 32.4 Å². The maximum absolute atomic E-state index is 13.5. The van der Waals surface area contributed by atoms with Crippen LogP contribution in [0.5, 0.6) is 0 Å². The number of sulfonamides is 1. The highest BCUT2D eigenvalue weighted by atomic mass is 79.9. The summed E-state index contributed by atoms with van der Waals surface area (Å²) in [6.07, 6.45) is 1.73. The summed E-state index contributed by atoms with van der Waals surface area (Å²) in [7, 11) is -3.63. The molecule has 1 fully saturated rings. The summed E-state index contributed by atoms with van der Waals surface area (Å²) < 4.78 is 40.0. The van der Waals surface area contributed by atoms with Crippen LogP contribution < -0.4 is 5.73 Å². The van der Waals surface area contributed by atoms with Crippen LogP contribution in [0.1, 0.15) is 12.8 Å². The van der Waals surface area contributed by atoms with Gasteiger partial charge in [0, 0.05) is 13.1 Å². The van der Waals surface area contributed by atoms with Crippen molar-refractivity contribution in [2.75, 3.05) is 19.6 Å². The number of halogens is 2. The van der Waals surface area contributed by atoms with E-state index in [-0.39, 0.29) is 15.3 Å². The van der Waals surface area contributed by atoms with E-state index in [0.717, 1.165) is 18.9 Å². The third kappa shape index (κ3) is 3.16. The first-order valence-corrected chi connectivity index (χ1v) is 8.33. The number of rotatable bonds is 3. The number of nitrogens with zero attached hydrogens (tertiary/aromatic N) is 1. The summed E-state index contributed by atoms with van der Waals surface area (Å²) in [5.41, 5.74) is 5.60. The van der Waals surface area contributed by atoms with E-state index < -0.39 is 15.8 Å². The Bertz CT molecular complexity index is 565. The highest BCUT2D eigenvalue weighted by molar-refractivity contribution is 9.10. The maximum Gasteiger partial charge on any atom is 0.243 e. The zero-order valence-corrected chi connectivity index (χ0v) is 12.8. The van der Waals surface area contributed by atoms with Gasteiger partial charge in [0.25, 0.3) is 0 Å². The molecule has 1 aliphatic heterocycles. The van der Waals surface area contributed by atoms with E-state index in [4.69, 9.17) is 5.73 Å². The lowest BCUT2D eigenvalue weighted by Crippen LogP contribution is -2.41. The second-order valence-electron chi connectivity index (χ2n) is 4.68. The van der Waals surface area contributed by atoms with E-state index in [1.807, 2.05) is 0 Å². The van der Waals surface area contributed by atoms with Crippen molar-refractivity contribution in [2.24, 2.45) is 11.7 Å². The SMILES string of the molecule is NCC1CCCN(S(=O)(=O)c2ccc(Br)c(F)c2)C1. The topological polar surface area (TPSA) is 63.4 Å². The quantitative estimate of drug-likeness (QED) is 0.905. The predicted octanol–water partition coefficient (Wildman–Crippen LogP) is 1.95. The van der Waals surface area contributed by atoms with Crippen LogP contribution in [-0.2, 0) is 10.0 Å². The summed E-state index contributed by atoms with van der Waals surface area (Å²) >= 11 is 3.01. The third-order valence-electron chi connectivity index (χ3n) is 3.34. The van der Waals surface area contributed by atoms with Crippen molar-refractivity contribution in [3.8, 4) is 0 Å². The van der Waals surface area contributed by atoms with Crippen molar-refractivity contribution in [1.82, 2.24) is 4.31 Å². The van der Waals surface area contributed by atoms with Crippen molar-refractivity contribution >= 4 is 26.0 Å². The fourth-order valence-corrected chi connectivity index (χ4v) is 4.04. The van der Waals surface area contributed by atoms with Gasteiger partial charge in [0.2, 0.25) is 10.0 Å². The first kappa shape index (κ1) is 14.9. The Labute approximate surface area is 121 Å². The molecule has 1 heterocycles. The predicted molar refractivity (Wildman–Crippen MR) is 74.6 cm³/mol. The molecular weight excluding hydrogens is 335 g/mol. The number of piperidine rings is 1. The highest BCUT2D eigenvalue weighted by Crippen LogP contribution is 2.25. The molecule has 7 heteroatoms. The molecular formula is C12H16BrFN2O2S. The van der Waals surface area contributed by atoms with E-state index in [1.54, 1.807) is 0 Å². The zero-order chi connectivity index (χ0) is 14.0. The average Bonchev–Trinajstić information content (AvgIpc) is 2.41. The molecule has 0 saturated carbocycles. The van der Waals surface area contributed by atoms with Crippen molar-refractivity contribution in [2.45, 2.75) is 17.7 Å². The Hall–Kier alpha value is -0.500. The van der Waals surface area contributed by atoms with Crippen LogP contribution in [0.15, 0.2) is 27.6 Å². The van der Waals surface area contributed by atoms with Crippen LogP contribution >= 0.6 is 15.9 Å². The lowest BCUT2D eigenvalue weighted by Gasteiger charge is -2.31. The lowest BCUT2D eigenvalue weighted by molar-refractivity contribution is 0.271. The fraction of sp³-hybridized carbons (Fsp3) is 0.500. The van der Waals surface area contributed by atoms with Gasteiger partial charge in [0.15, 0.2) is 0 Å². The molecule has 0 amide bonds. The molecule has 19 heavy (non-hydrogen) atoms. The van der Waals surface area contributed by atoms with Crippen LogP contribution in [0.25, 0.3) is 0 Å². The summed E-state index contributed by atoms with van der Waals surface area (Å²) in [6, 6.07) is 3.87. The first-order valence-electron chi connectivity index (χ1n) is 6.10. The molecule has 1 unspecified atom stereocenters. The van der Waals surface area contributed by atoms with Gasteiger partial charge in [-0.05, 0) is 59.4 Å². The van der Waals surface area contributed by atoms with Gasteiger partial charge in [-0.25, -0.2) is 12.8 Å². The second kappa shape index (κ2) is 5.87. The molecule has 1 aromatic rings. The van der Waals surface area contributed by atoms with Gasteiger partial charge >= 0.3 is 0 Å². The molecule has 0 spiro atoms. The number of hydrogen-bond donors (Lipinski definition) is 1. The van der Waals surface area contributed by atoms with Gasteiger partial charge in [-0.15, -0.1) is 0 Å². The minimum Gasteiger partial charge on any atom is -0.330 e. The van der Waals surface area contributed by atoms with Crippen LogP contribution in [0.2, 0.25) is 0 Å². The summed E-state index contributed by atoms with van der Waals surface area (Å²) in [5.74, 6) is -0.391. The first-order chi connectivity index (χ1) is 8.95. The lowest BCUT2D eigenvalue weighted by atomic mass is 10.0. The van der Waals surface area contributed by atoms with E-state index in [1.165, 1.54) is 16.4 Å². The van der Waals surface area contributed by atoms with Crippen LogP contribution in [0.4, 0.5) is 4.39 Å². The van der Waals surface area contributed by atoms with Crippen LogP contribution in [0, 0.1) is 11.7 Å². The maximum atomic E-state index is 13.5. The number of hydrogen-bond acceptors (Lipinski definition) is 3. The van der Waals surface area contributed by atoms with Gasteiger partial charge in [-0.3, -0.25) is 0 Å². The highest BCUT2D eigenvalue weighted by Gasteiger charge is 2.30. The third-order valence-corrected chi connectivity index (χ3v) is 5.85. The minimum atomic E-state index is -3.63. The van der Waals surface area contributed by atoms with Gasteiger partial charge in [0.1, 0.15) is 5.82 Å². The van der Waals surface area contributed by atoms with E-state index in [9.17, 15) is 12.8 Å². The van der Waals surface area contributed by atoms with Crippen molar-refractivity contribution in [3.63, 3.8) is 0 Å². The fourth-order valence-electron chi connectivity index (χ4n) is 2.22. The van der Waals surface area contributed by atoms with Crippen molar-refractivity contribution < 1.29 is 12.8 Å². The monoisotopic (exact) mass is 350 g/mol. The standard InChI is InChI=1S/C12H16BrFN2O2S/c13-11-4-3-10(6-12(11)14)19(17,18)16-5-1-2-9(7-15)8-16/h3-4,6,9H,1-2,5,7-8,15H2. The normalized spacial score (nSPS) is 21.5. The number of benzene rings is 1. The number of nitrogens with two attached hydrogens (primary N) is 1. The molecule has 1 atom stereocenters. The molecule has 1 saturated heterocycles. The molecule has 2 N–H and O–H groups in total. The van der Waals surface area contributed by atoms with E-state index in [0.29, 0.717) is 19.6 Å². The second-order valence-corrected chi connectivity index (χ2v) is 7.48. The Morgan fingerprint density at radius 3 is 2.84 bits per heavy atom. The summed E-state index contributed by atoms with van der Waals surface area (Å²) in [4.78, 5) is -0.00845. The van der Waals surface area contributed by atoms with Crippen molar-refractivity contribution in [1.29, 1.82) is 0 Å².